The summed E-state index contributed by atoms with van der Waals surface area (Å²) in [7, 11) is 0. The van der Waals surface area contributed by atoms with E-state index in [0.717, 1.165) is 10.9 Å². The van der Waals surface area contributed by atoms with Crippen LogP contribution >= 0.6 is 11.6 Å². The molecule has 0 saturated heterocycles. The predicted molar refractivity (Wildman–Crippen MR) is 108 cm³/mol. The molecule has 1 unspecified atom stereocenters. The molecule has 1 amide bonds. The fourth-order valence-electron chi connectivity index (χ4n) is 3.82. The van der Waals surface area contributed by atoms with Gasteiger partial charge in [0, 0.05) is 21.5 Å². The van der Waals surface area contributed by atoms with E-state index in [2.05, 4.69) is 0 Å². The van der Waals surface area contributed by atoms with Crippen molar-refractivity contribution in [3.63, 3.8) is 0 Å². The lowest BCUT2D eigenvalue weighted by molar-refractivity contribution is -0.132. The average molecular weight is 390 g/mol. The SMILES string of the molecule is O=C1N(Cc2ccc(Cl)cc2)c2ccccc2C1(O)c1ccc2ccoc2c1. The van der Waals surface area contributed by atoms with Crippen molar-refractivity contribution in [3.05, 3.63) is 101 Å². The van der Waals surface area contributed by atoms with Crippen molar-refractivity contribution in [2.75, 3.05) is 4.90 Å². The number of anilines is 1. The van der Waals surface area contributed by atoms with Crippen molar-refractivity contribution in [2.24, 2.45) is 0 Å². The number of nitrogens with zero attached hydrogens (tertiary/aromatic N) is 1. The molecular formula is C23H16ClNO3. The molecule has 0 spiro atoms. The summed E-state index contributed by atoms with van der Waals surface area (Å²) in [4.78, 5) is 15.1. The Hall–Kier alpha value is -3.08. The zero-order valence-electron chi connectivity index (χ0n) is 14.8. The molecule has 138 valence electrons. The summed E-state index contributed by atoms with van der Waals surface area (Å²) in [6, 6.07) is 21.9. The molecule has 0 saturated carbocycles. The van der Waals surface area contributed by atoms with Crippen molar-refractivity contribution in [1.82, 2.24) is 0 Å². The Balaban J connectivity index is 1.62. The van der Waals surface area contributed by atoms with Gasteiger partial charge in [-0.05, 0) is 35.9 Å². The second-order valence-electron chi connectivity index (χ2n) is 6.92. The number of rotatable bonds is 3. The lowest BCUT2D eigenvalue weighted by Gasteiger charge is -2.24. The molecular weight excluding hydrogens is 374 g/mol. The first-order chi connectivity index (χ1) is 13.6. The van der Waals surface area contributed by atoms with Crippen molar-refractivity contribution in [2.45, 2.75) is 12.1 Å². The summed E-state index contributed by atoms with van der Waals surface area (Å²) in [5.41, 5.74) is 1.56. The Kier molecular flexibility index (Phi) is 3.79. The highest BCUT2D eigenvalue weighted by atomic mass is 35.5. The van der Waals surface area contributed by atoms with E-state index in [0.29, 0.717) is 34.0 Å². The molecule has 0 aliphatic carbocycles. The zero-order valence-corrected chi connectivity index (χ0v) is 15.6. The molecule has 28 heavy (non-hydrogen) atoms. The first-order valence-electron chi connectivity index (χ1n) is 8.93. The van der Waals surface area contributed by atoms with E-state index in [1.165, 1.54) is 0 Å². The first kappa shape index (κ1) is 17.0. The number of hydrogen-bond donors (Lipinski definition) is 1. The van der Waals surface area contributed by atoms with E-state index in [1.54, 1.807) is 41.5 Å². The molecule has 4 aromatic rings. The number of benzene rings is 3. The maximum atomic E-state index is 13.4. The van der Waals surface area contributed by atoms with Crippen LogP contribution in [-0.2, 0) is 16.9 Å². The molecule has 5 heteroatoms. The third kappa shape index (κ3) is 2.46. The second kappa shape index (κ2) is 6.23. The van der Waals surface area contributed by atoms with Crippen LogP contribution in [0, 0.1) is 0 Å². The third-order valence-corrected chi connectivity index (χ3v) is 5.52. The molecule has 1 aromatic heterocycles. The highest BCUT2D eigenvalue weighted by Crippen LogP contribution is 2.45. The Morgan fingerprint density at radius 1 is 1.00 bits per heavy atom. The molecule has 1 aliphatic heterocycles. The summed E-state index contributed by atoms with van der Waals surface area (Å²) < 4.78 is 5.47. The molecule has 2 heterocycles. The predicted octanol–water partition coefficient (Wildman–Crippen LogP) is 4.87. The van der Waals surface area contributed by atoms with E-state index in [9.17, 15) is 9.90 Å². The van der Waals surface area contributed by atoms with Gasteiger partial charge in [0.1, 0.15) is 5.58 Å². The van der Waals surface area contributed by atoms with Crippen LogP contribution in [0.2, 0.25) is 5.02 Å². The minimum Gasteiger partial charge on any atom is -0.464 e. The number of furan rings is 1. The first-order valence-corrected chi connectivity index (χ1v) is 9.31. The fourth-order valence-corrected chi connectivity index (χ4v) is 3.95. The summed E-state index contributed by atoms with van der Waals surface area (Å²) in [6.45, 7) is 0.346. The smallest absolute Gasteiger partial charge is 0.268 e. The standard InChI is InChI=1S/C23H16ClNO3/c24-18-9-5-15(6-10-18)14-25-20-4-2-1-3-19(20)23(27,22(25)26)17-8-7-16-11-12-28-21(16)13-17/h1-13,27H,14H2. The maximum absolute atomic E-state index is 13.4. The summed E-state index contributed by atoms with van der Waals surface area (Å²) >= 11 is 5.97. The largest absolute Gasteiger partial charge is 0.464 e. The zero-order chi connectivity index (χ0) is 19.3. The average Bonchev–Trinajstić information content (AvgIpc) is 3.27. The van der Waals surface area contributed by atoms with E-state index in [-0.39, 0.29) is 5.91 Å². The van der Waals surface area contributed by atoms with Gasteiger partial charge in [-0.1, -0.05) is 54.1 Å². The molecule has 5 rings (SSSR count). The number of fused-ring (bicyclic) bond motifs is 2. The monoisotopic (exact) mass is 389 g/mol. The lowest BCUT2D eigenvalue weighted by Crippen LogP contribution is -2.40. The Labute approximate surface area is 166 Å². The van der Waals surface area contributed by atoms with Crippen molar-refractivity contribution in [1.29, 1.82) is 0 Å². The number of hydrogen-bond acceptors (Lipinski definition) is 3. The van der Waals surface area contributed by atoms with Gasteiger partial charge in [-0.25, -0.2) is 0 Å². The minimum absolute atomic E-state index is 0.346. The Morgan fingerprint density at radius 2 is 1.79 bits per heavy atom. The molecule has 1 atom stereocenters. The topological polar surface area (TPSA) is 53.7 Å². The van der Waals surface area contributed by atoms with Gasteiger partial charge in [0.2, 0.25) is 0 Å². The van der Waals surface area contributed by atoms with Crippen LogP contribution in [0.3, 0.4) is 0 Å². The number of amides is 1. The van der Waals surface area contributed by atoms with Gasteiger partial charge in [0.05, 0.1) is 18.5 Å². The molecule has 0 radical (unpaired) electrons. The summed E-state index contributed by atoms with van der Waals surface area (Å²) in [5.74, 6) is -0.380. The maximum Gasteiger partial charge on any atom is 0.268 e. The van der Waals surface area contributed by atoms with Gasteiger partial charge in [-0.3, -0.25) is 4.79 Å². The normalized spacial score (nSPS) is 18.6. The van der Waals surface area contributed by atoms with Crippen LogP contribution in [0.5, 0.6) is 0 Å². The van der Waals surface area contributed by atoms with E-state index in [4.69, 9.17) is 16.0 Å². The van der Waals surface area contributed by atoms with Crippen molar-refractivity contribution < 1.29 is 14.3 Å². The van der Waals surface area contributed by atoms with Gasteiger partial charge in [-0.2, -0.15) is 0 Å². The van der Waals surface area contributed by atoms with Crippen LogP contribution in [0.15, 0.2) is 83.5 Å². The number of carbonyl (C=O) groups is 1. The van der Waals surface area contributed by atoms with Gasteiger partial charge in [0.25, 0.3) is 5.91 Å². The minimum atomic E-state index is -1.76. The van der Waals surface area contributed by atoms with E-state index in [1.807, 2.05) is 42.5 Å². The number of halogens is 1. The van der Waals surface area contributed by atoms with Crippen molar-refractivity contribution in [3.8, 4) is 0 Å². The molecule has 0 fully saturated rings. The van der Waals surface area contributed by atoms with Gasteiger partial charge in [-0.15, -0.1) is 0 Å². The van der Waals surface area contributed by atoms with Gasteiger partial charge in [0.15, 0.2) is 5.60 Å². The van der Waals surface area contributed by atoms with E-state index >= 15 is 0 Å². The number of carbonyl (C=O) groups excluding carboxylic acids is 1. The second-order valence-corrected chi connectivity index (χ2v) is 7.35. The van der Waals surface area contributed by atoms with Gasteiger partial charge < -0.3 is 14.4 Å². The Morgan fingerprint density at radius 3 is 2.61 bits per heavy atom. The number of para-hydroxylation sites is 1. The Bertz CT molecular complexity index is 1200. The lowest BCUT2D eigenvalue weighted by atomic mass is 9.87. The van der Waals surface area contributed by atoms with Crippen LogP contribution in [0.1, 0.15) is 16.7 Å². The fraction of sp³-hybridized carbons (Fsp3) is 0.0870. The summed E-state index contributed by atoms with van der Waals surface area (Å²) in [5, 5.41) is 13.2. The van der Waals surface area contributed by atoms with Crippen molar-refractivity contribution >= 4 is 34.2 Å². The third-order valence-electron chi connectivity index (χ3n) is 5.27. The van der Waals surface area contributed by atoms with Crippen LogP contribution in [-0.4, -0.2) is 11.0 Å². The highest BCUT2D eigenvalue weighted by molar-refractivity contribution is 6.30. The quantitative estimate of drug-likeness (QED) is 0.544. The van der Waals surface area contributed by atoms with Gasteiger partial charge >= 0.3 is 0 Å². The van der Waals surface area contributed by atoms with Crippen LogP contribution < -0.4 is 4.90 Å². The molecule has 4 nitrogen and oxygen atoms in total. The van der Waals surface area contributed by atoms with E-state index < -0.39 is 5.60 Å². The molecule has 1 aliphatic rings. The number of aliphatic hydroxyl groups is 1. The highest BCUT2D eigenvalue weighted by Gasteiger charge is 2.51. The van der Waals surface area contributed by atoms with Crippen LogP contribution in [0.25, 0.3) is 11.0 Å². The summed E-state index contributed by atoms with van der Waals surface area (Å²) in [6.07, 6.45) is 1.59. The molecule has 0 bridgehead atoms. The molecule has 3 aromatic carbocycles. The van der Waals surface area contributed by atoms with Crippen LogP contribution in [0.4, 0.5) is 5.69 Å². The molecule has 1 N–H and O–H groups in total.